The van der Waals surface area contributed by atoms with Gasteiger partial charge in [-0.1, -0.05) is 50.5 Å². The van der Waals surface area contributed by atoms with Gasteiger partial charge in [-0.2, -0.15) is 0 Å². The molecule has 0 radical (unpaired) electrons. The Morgan fingerprint density at radius 2 is 2.00 bits per heavy atom. The standard InChI is InChI=1S/C22H31NO4/c1-2-3-4-7-20(24)14-12-19-13-15-21(25)23(19)16-5-6-17-8-10-18(11-9-17)22(26)27/h8-12,14,19-20,24H,2-7,13,15-16H2,1H3,(H,26,27)/t19-,20-/m0/s1. The number of benzene rings is 1. The smallest absolute Gasteiger partial charge is 0.335 e. The molecule has 1 fully saturated rings. The largest absolute Gasteiger partial charge is 0.478 e. The van der Waals surface area contributed by atoms with Gasteiger partial charge in [0.1, 0.15) is 0 Å². The first-order valence-electron chi connectivity index (χ1n) is 9.99. The minimum absolute atomic E-state index is 0.0766. The van der Waals surface area contributed by atoms with Crippen molar-refractivity contribution >= 4 is 11.9 Å². The predicted octanol–water partition coefficient (Wildman–Crippen LogP) is 3.81. The lowest BCUT2D eigenvalue weighted by Gasteiger charge is -2.22. The van der Waals surface area contributed by atoms with Gasteiger partial charge in [0, 0.05) is 13.0 Å². The maximum atomic E-state index is 12.2. The van der Waals surface area contributed by atoms with Crippen molar-refractivity contribution in [2.45, 2.75) is 70.4 Å². The second-order valence-corrected chi connectivity index (χ2v) is 7.25. The molecule has 5 nitrogen and oxygen atoms in total. The Kier molecular flexibility index (Phi) is 8.52. The number of aliphatic hydroxyl groups is 1. The topological polar surface area (TPSA) is 77.8 Å². The number of nitrogens with zero attached hydrogens (tertiary/aromatic N) is 1. The molecule has 0 spiro atoms. The predicted molar refractivity (Wildman–Crippen MR) is 106 cm³/mol. The molecular weight excluding hydrogens is 342 g/mol. The van der Waals surface area contributed by atoms with Crippen LogP contribution in [0.5, 0.6) is 0 Å². The van der Waals surface area contributed by atoms with Crippen LogP contribution in [0.4, 0.5) is 0 Å². The number of carbonyl (C=O) groups excluding carboxylic acids is 1. The monoisotopic (exact) mass is 373 g/mol. The van der Waals surface area contributed by atoms with Gasteiger partial charge in [0.15, 0.2) is 0 Å². The summed E-state index contributed by atoms with van der Waals surface area (Å²) in [6.07, 6.45) is 10.5. The summed E-state index contributed by atoms with van der Waals surface area (Å²) in [5, 5.41) is 19.0. The van der Waals surface area contributed by atoms with E-state index in [0.717, 1.165) is 50.5 Å². The van der Waals surface area contributed by atoms with Gasteiger partial charge in [0.2, 0.25) is 5.91 Å². The van der Waals surface area contributed by atoms with Crippen LogP contribution in [-0.2, 0) is 11.2 Å². The van der Waals surface area contributed by atoms with E-state index in [4.69, 9.17) is 5.11 Å². The molecule has 1 aliphatic heterocycles. The molecule has 1 saturated heterocycles. The highest BCUT2D eigenvalue weighted by molar-refractivity contribution is 5.87. The lowest BCUT2D eigenvalue weighted by atomic mass is 10.1. The number of hydrogen-bond donors (Lipinski definition) is 2. The summed E-state index contributed by atoms with van der Waals surface area (Å²) in [5.74, 6) is -0.748. The highest BCUT2D eigenvalue weighted by Gasteiger charge is 2.28. The van der Waals surface area contributed by atoms with E-state index in [1.54, 1.807) is 12.1 Å². The Hall–Kier alpha value is -2.14. The molecule has 1 heterocycles. The molecule has 2 N–H and O–H groups in total. The number of carboxylic acids is 1. The first kappa shape index (κ1) is 21.2. The van der Waals surface area contributed by atoms with Crippen LogP contribution in [0.3, 0.4) is 0 Å². The van der Waals surface area contributed by atoms with Crippen LogP contribution in [0.25, 0.3) is 0 Å². The molecule has 0 aliphatic carbocycles. The van der Waals surface area contributed by atoms with Crippen molar-refractivity contribution in [2.24, 2.45) is 0 Å². The zero-order valence-electron chi connectivity index (χ0n) is 16.1. The minimum atomic E-state index is -0.921. The molecule has 2 atom stereocenters. The average Bonchev–Trinajstić information content (AvgIpc) is 3.00. The summed E-state index contributed by atoms with van der Waals surface area (Å²) in [5.41, 5.74) is 1.36. The molecule has 0 bridgehead atoms. The molecule has 1 aromatic rings. The molecule has 0 unspecified atom stereocenters. The van der Waals surface area contributed by atoms with Crippen LogP contribution in [0, 0.1) is 0 Å². The number of aliphatic hydroxyl groups excluding tert-OH is 1. The van der Waals surface area contributed by atoms with Gasteiger partial charge < -0.3 is 15.1 Å². The van der Waals surface area contributed by atoms with Crippen molar-refractivity contribution in [3.63, 3.8) is 0 Å². The molecule has 5 heteroatoms. The van der Waals surface area contributed by atoms with Crippen molar-refractivity contribution < 1.29 is 19.8 Å². The Labute approximate surface area is 161 Å². The van der Waals surface area contributed by atoms with Gasteiger partial charge in [0.25, 0.3) is 0 Å². The third kappa shape index (κ3) is 6.83. The van der Waals surface area contributed by atoms with Crippen molar-refractivity contribution in [3.8, 4) is 0 Å². The molecule has 1 aliphatic rings. The molecule has 0 saturated carbocycles. The maximum Gasteiger partial charge on any atom is 0.335 e. The molecular formula is C22H31NO4. The third-order valence-electron chi connectivity index (χ3n) is 5.10. The van der Waals surface area contributed by atoms with Crippen molar-refractivity contribution in [1.29, 1.82) is 0 Å². The number of hydrogen-bond acceptors (Lipinski definition) is 3. The minimum Gasteiger partial charge on any atom is -0.478 e. The summed E-state index contributed by atoms with van der Waals surface area (Å²) in [6, 6.07) is 6.97. The third-order valence-corrected chi connectivity index (χ3v) is 5.10. The van der Waals surface area contributed by atoms with Gasteiger partial charge in [-0.15, -0.1) is 0 Å². The molecule has 2 rings (SSSR count). The second-order valence-electron chi connectivity index (χ2n) is 7.25. The first-order chi connectivity index (χ1) is 13.0. The van der Waals surface area contributed by atoms with Crippen LogP contribution in [-0.4, -0.2) is 45.7 Å². The Morgan fingerprint density at radius 1 is 1.26 bits per heavy atom. The fourth-order valence-electron chi connectivity index (χ4n) is 3.47. The summed E-state index contributed by atoms with van der Waals surface area (Å²) in [7, 11) is 0. The zero-order valence-corrected chi connectivity index (χ0v) is 16.1. The fraction of sp³-hybridized carbons (Fsp3) is 0.545. The number of rotatable bonds is 11. The van der Waals surface area contributed by atoms with E-state index in [9.17, 15) is 14.7 Å². The molecule has 148 valence electrons. The first-order valence-corrected chi connectivity index (χ1v) is 9.99. The number of likely N-dealkylation sites (tertiary alicyclic amines) is 1. The van der Waals surface area contributed by atoms with E-state index in [-0.39, 0.29) is 17.5 Å². The number of aromatic carboxylic acids is 1. The number of aryl methyl sites for hydroxylation is 1. The molecule has 27 heavy (non-hydrogen) atoms. The SMILES string of the molecule is CCCCC[C@H](O)C=C[C@H]1CCC(=O)N1CCCc1ccc(C(=O)O)cc1. The van der Waals surface area contributed by atoms with Crippen molar-refractivity contribution in [1.82, 2.24) is 4.90 Å². The van der Waals surface area contributed by atoms with Crippen LogP contribution in [0.2, 0.25) is 0 Å². The quantitative estimate of drug-likeness (QED) is 0.457. The van der Waals surface area contributed by atoms with E-state index < -0.39 is 12.1 Å². The van der Waals surface area contributed by atoms with Crippen LogP contribution in [0.15, 0.2) is 36.4 Å². The Morgan fingerprint density at radius 3 is 2.67 bits per heavy atom. The lowest BCUT2D eigenvalue weighted by Crippen LogP contribution is -2.33. The summed E-state index contributed by atoms with van der Waals surface area (Å²) >= 11 is 0. The Balaban J connectivity index is 1.80. The van der Waals surface area contributed by atoms with E-state index in [1.807, 2.05) is 29.2 Å². The van der Waals surface area contributed by atoms with Crippen molar-refractivity contribution in [2.75, 3.05) is 6.54 Å². The number of carbonyl (C=O) groups is 2. The summed E-state index contributed by atoms with van der Waals surface area (Å²) < 4.78 is 0. The average molecular weight is 373 g/mol. The summed E-state index contributed by atoms with van der Waals surface area (Å²) in [4.78, 5) is 25.0. The van der Waals surface area contributed by atoms with E-state index in [0.29, 0.717) is 13.0 Å². The van der Waals surface area contributed by atoms with Gasteiger partial charge >= 0.3 is 5.97 Å². The normalized spacial score (nSPS) is 18.4. The van der Waals surface area contributed by atoms with Crippen LogP contribution >= 0.6 is 0 Å². The number of carboxylic acid groups (broad SMARTS) is 1. The Bertz CT molecular complexity index is 638. The lowest BCUT2D eigenvalue weighted by molar-refractivity contribution is -0.128. The van der Waals surface area contributed by atoms with Gasteiger partial charge in [0.05, 0.1) is 17.7 Å². The highest BCUT2D eigenvalue weighted by atomic mass is 16.4. The molecule has 1 amide bonds. The van der Waals surface area contributed by atoms with Gasteiger partial charge in [-0.3, -0.25) is 4.79 Å². The van der Waals surface area contributed by atoms with E-state index >= 15 is 0 Å². The number of amides is 1. The van der Waals surface area contributed by atoms with E-state index in [2.05, 4.69) is 6.92 Å². The van der Waals surface area contributed by atoms with Crippen LogP contribution in [0.1, 0.15) is 67.8 Å². The summed E-state index contributed by atoms with van der Waals surface area (Å²) in [6.45, 7) is 2.82. The molecule has 0 aromatic heterocycles. The number of unbranched alkanes of at least 4 members (excludes halogenated alkanes) is 2. The fourth-order valence-corrected chi connectivity index (χ4v) is 3.47. The van der Waals surface area contributed by atoms with Gasteiger partial charge in [-0.25, -0.2) is 4.79 Å². The maximum absolute atomic E-state index is 12.2. The molecule has 1 aromatic carbocycles. The second kappa shape index (κ2) is 10.9. The van der Waals surface area contributed by atoms with E-state index in [1.165, 1.54) is 0 Å². The zero-order chi connectivity index (χ0) is 19.6. The van der Waals surface area contributed by atoms with Crippen LogP contribution < -0.4 is 0 Å². The van der Waals surface area contributed by atoms with Gasteiger partial charge in [-0.05, 0) is 43.4 Å². The van der Waals surface area contributed by atoms with Crippen molar-refractivity contribution in [3.05, 3.63) is 47.5 Å². The highest BCUT2D eigenvalue weighted by Crippen LogP contribution is 2.21.